The Morgan fingerprint density at radius 1 is 1.35 bits per heavy atom. The number of hydrogen-bond donors (Lipinski definition) is 3. The summed E-state index contributed by atoms with van der Waals surface area (Å²) in [6, 6.07) is 6.60. The molecule has 0 fully saturated rings. The molecule has 2 amide bonds. The van der Waals surface area contributed by atoms with Crippen LogP contribution in [0.1, 0.15) is 36.2 Å². The molecule has 1 aromatic carbocycles. The van der Waals surface area contributed by atoms with Gasteiger partial charge in [-0.1, -0.05) is 19.1 Å². The van der Waals surface area contributed by atoms with E-state index in [2.05, 4.69) is 5.32 Å². The van der Waals surface area contributed by atoms with E-state index >= 15 is 0 Å². The Balaban J connectivity index is 2.55. The molecule has 20 heavy (non-hydrogen) atoms. The molecule has 4 N–H and O–H groups in total. The molecule has 0 spiro atoms. The van der Waals surface area contributed by atoms with Crippen molar-refractivity contribution in [2.45, 2.75) is 25.9 Å². The second-order valence-corrected chi connectivity index (χ2v) is 4.89. The lowest BCUT2D eigenvalue weighted by Gasteiger charge is -2.20. The van der Waals surface area contributed by atoms with Crippen LogP contribution in [-0.2, 0) is 4.79 Å². The summed E-state index contributed by atoms with van der Waals surface area (Å²) in [6.07, 6.45) is 3.57. The Bertz CT molecular complexity index is 504. The SMILES string of the molecule is CCC(C)(O)CNC(=O)C=Cc1ccc(C(N)=O)cc1. The average Bonchev–Trinajstić information content (AvgIpc) is 2.43. The van der Waals surface area contributed by atoms with Crippen molar-refractivity contribution in [2.24, 2.45) is 5.73 Å². The van der Waals surface area contributed by atoms with Crippen molar-refractivity contribution in [1.82, 2.24) is 5.32 Å². The molecule has 0 aliphatic rings. The van der Waals surface area contributed by atoms with Gasteiger partial charge in [0.05, 0.1) is 5.60 Å². The average molecular weight is 276 g/mol. The predicted molar refractivity (Wildman–Crippen MR) is 77.9 cm³/mol. The molecule has 0 bridgehead atoms. The first-order valence-electron chi connectivity index (χ1n) is 6.42. The zero-order chi connectivity index (χ0) is 15.2. The van der Waals surface area contributed by atoms with Gasteiger partial charge in [0.15, 0.2) is 0 Å². The van der Waals surface area contributed by atoms with Crippen molar-refractivity contribution in [3.63, 3.8) is 0 Å². The molecule has 0 radical (unpaired) electrons. The lowest BCUT2D eigenvalue weighted by molar-refractivity contribution is -0.117. The molecule has 0 aliphatic carbocycles. The third-order valence-electron chi connectivity index (χ3n) is 3.03. The zero-order valence-corrected chi connectivity index (χ0v) is 11.7. The summed E-state index contributed by atoms with van der Waals surface area (Å²) >= 11 is 0. The van der Waals surface area contributed by atoms with Gasteiger partial charge in [-0.05, 0) is 37.1 Å². The van der Waals surface area contributed by atoms with E-state index in [4.69, 9.17) is 5.73 Å². The van der Waals surface area contributed by atoms with Crippen molar-refractivity contribution < 1.29 is 14.7 Å². The van der Waals surface area contributed by atoms with E-state index in [-0.39, 0.29) is 12.5 Å². The Morgan fingerprint density at radius 3 is 2.45 bits per heavy atom. The molecule has 0 aliphatic heterocycles. The fourth-order valence-corrected chi connectivity index (χ4v) is 1.39. The molecule has 0 saturated heterocycles. The minimum atomic E-state index is -0.896. The number of rotatable bonds is 6. The van der Waals surface area contributed by atoms with Gasteiger partial charge in [-0.2, -0.15) is 0 Å². The van der Waals surface area contributed by atoms with Gasteiger partial charge < -0.3 is 16.2 Å². The van der Waals surface area contributed by atoms with Gasteiger partial charge in [-0.15, -0.1) is 0 Å². The monoisotopic (exact) mass is 276 g/mol. The Hall–Kier alpha value is -2.14. The lowest BCUT2D eigenvalue weighted by Crippen LogP contribution is -2.39. The van der Waals surface area contributed by atoms with Gasteiger partial charge in [0.2, 0.25) is 11.8 Å². The quantitative estimate of drug-likeness (QED) is 0.679. The van der Waals surface area contributed by atoms with Crippen LogP contribution in [0.25, 0.3) is 6.08 Å². The van der Waals surface area contributed by atoms with Crippen LogP contribution in [0.4, 0.5) is 0 Å². The largest absolute Gasteiger partial charge is 0.388 e. The van der Waals surface area contributed by atoms with Crippen LogP contribution >= 0.6 is 0 Å². The third kappa shape index (κ3) is 5.24. The molecule has 0 saturated carbocycles. The maximum absolute atomic E-state index is 11.6. The smallest absolute Gasteiger partial charge is 0.248 e. The van der Waals surface area contributed by atoms with Gasteiger partial charge in [-0.25, -0.2) is 0 Å². The van der Waals surface area contributed by atoms with Gasteiger partial charge in [-0.3, -0.25) is 9.59 Å². The standard InChI is InChI=1S/C15H20N2O3/c1-3-15(2,20)10-17-13(18)9-6-11-4-7-12(8-5-11)14(16)19/h4-9,20H,3,10H2,1-2H3,(H2,16,19)(H,17,18). The van der Waals surface area contributed by atoms with Gasteiger partial charge in [0.25, 0.3) is 0 Å². The van der Waals surface area contributed by atoms with E-state index in [1.165, 1.54) is 6.08 Å². The van der Waals surface area contributed by atoms with Crippen LogP contribution in [0.3, 0.4) is 0 Å². The number of primary amides is 1. The summed E-state index contributed by atoms with van der Waals surface area (Å²) < 4.78 is 0. The molecule has 5 nitrogen and oxygen atoms in total. The van der Waals surface area contributed by atoms with Crippen molar-refractivity contribution in [2.75, 3.05) is 6.54 Å². The number of aliphatic hydroxyl groups is 1. The molecule has 1 unspecified atom stereocenters. The van der Waals surface area contributed by atoms with E-state index < -0.39 is 11.5 Å². The second kappa shape index (κ2) is 6.86. The molecule has 1 aromatic rings. The number of carbonyl (C=O) groups excluding carboxylic acids is 2. The summed E-state index contributed by atoms with van der Waals surface area (Å²) in [6.45, 7) is 3.72. The first-order valence-corrected chi connectivity index (χ1v) is 6.42. The van der Waals surface area contributed by atoms with Crippen LogP contribution in [-0.4, -0.2) is 29.1 Å². The molecule has 0 aromatic heterocycles. The molecular formula is C15H20N2O3. The normalized spacial score (nSPS) is 13.9. The summed E-state index contributed by atoms with van der Waals surface area (Å²) in [5.74, 6) is -0.766. The number of nitrogens with two attached hydrogens (primary N) is 1. The van der Waals surface area contributed by atoms with E-state index in [9.17, 15) is 14.7 Å². The molecule has 5 heteroatoms. The van der Waals surface area contributed by atoms with E-state index in [1.54, 1.807) is 37.3 Å². The number of amides is 2. The Kier molecular flexibility index (Phi) is 5.46. The first kappa shape index (κ1) is 15.9. The molecular weight excluding hydrogens is 256 g/mol. The first-order chi connectivity index (χ1) is 9.34. The van der Waals surface area contributed by atoms with Crippen LogP contribution in [0.5, 0.6) is 0 Å². The van der Waals surface area contributed by atoms with Gasteiger partial charge in [0, 0.05) is 18.2 Å². The van der Waals surface area contributed by atoms with E-state index in [0.717, 1.165) is 5.56 Å². The van der Waals surface area contributed by atoms with Crippen molar-refractivity contribution >= 4 is 17.9 Å². The topological polar surface area (TPSA) is 92.4 Å². The third-order valence-corrected chi connectivity index (χ3v) is 3.03. The van der Waals surface area contributed by atoms with Crippen LogP contribution in [0, 0.1) is 0 Å². The number of carbonyl (C=O) groups is 2. The highest BCUT2D eigenvalue weighted by Gasteiger charge is 2.17. The number of nitrogens with one attached hydrogen (secondary N) is 1. The molecule has 108 valence electrons. The van der Waals surface area contributed by atoms with Gasteiger partial charge in [0.1, 0.15) is 0 Å². The minimum Gasteiger partial charge on any atom is -0.388 e. The minimum absolute atomic E-state index is 0.202. The Morgan fingerprint density at radius 2 is 1.95 bits per heavy atom. The lowest BCUT2D eigenvalue weighted by atomic mass is 10.0. The van der Waals surface area contributed by atoms with Crippen LogP contribution in [0.15, 0.2) is 30.3 Å². The van der Waals surface area contributed by atoms with E-state index in [1.807, 2.05) is 6.92 Å². The highest BCUT2D eigenvalue weighted by atomic mass is 16.3. The van der Waals surface area contributed by atoms with E-state index in [0.29, 0.717) is 12.0 Å². The maximum atomic E-state index is 11.6. The van der Waals surface area contributed by atoms with Crippen molar-refractivity contribution in [3.05, 3.63) is 41.5 Å². The van der Waals surface area contributed by atoms with Crippen molar-refractivity contribution in [3.8, 4) is 0 Å². The van der Waals surface area contributed by atoms with Crippen LogP contribution < -0.4 is 11.1 Å². The van der Waals surface area contributed by atoms with Gasteiger partial charge >= 0.3 is 0 Å². The molecule has 1 atom stereocenters. The van der Waals surface area contributed by atoms with Crippen molar-refractivity contribution in [1.29, 1.82) is 0 Å². The fourth-order valence-electron chi connectivity index (χ4n) is 1.39. The number of hydrogen-bond acceptors (Lipinski definition) is 3. The maximum Gasteiger partial charge on any atom is 0.248 e. The predicted octanol–water partition coefficient (Wildman–Crippen LogP) is 1.08. The number of benzene rings is 1. The zero-order valence-electron chi connectivity index (χ0n) is 11.7. The molecule has 1 rings (SSSR count). The summed E-state index contributed by atoms with van der Waals surface area (Å²) in [5.41, 5.74) is 5.44. The second-order valence-electron chi connectivity index (χ2n) is 4.89. The Labute approximate surface area is 118 Å². The molecule has 0 heterocycles. The highest BCUT2D eigenvalue weighted by Crippen LogP contribution is 2.07. The highest BCUT2D eigenvalue weighted by molar-refractivity contribution is 5.94. The fraction of sp³-hybridized carbons (Fsp3) is 0.333. The summed E-state index contributed by atoms with van der Waals surface area (Å²) in [4.78, 5) is 22.5. The summed E-state index contributed by atoms with van der Waals surface area (Å²) in [7, 11) is 0. The summed E-state index contributed by atoms with van der Waals surface area (Å²) in [5, 5.41) is 12.4. The van der Waals surface area contributed by atoms with Crippen LogP contribution in [0.2, 0.25) is 0 Å².